The van der Waals surface area contributed by atoms with Gasteiger partial charge in [-0.1, -0.05) is 20.8 Å². The van der Waals surface area contributed by atoms with Crippen molar-refractivity contribution in [3.63, 3.8) is 0 Å². The standard InChI is InChI=1S/C18H30N6/c1-6-24-16(14-12-19-22(5)13-14)20-21-17(24)23-10-7-8-15(9-11-23)18(2,3)4/h12-13,15H,6-11H2,1-5H3. The summed E-state index contributed by atoms with van der Waals surface area (Å²) in [4.78, 5) is 2.42. The van der Waals surface area contributed by atoms with E-state index in [1.165, 1.54) is 19.3 Å². The Labute approximate surface area is 144 Å². The van der Waals surface area contributed by atoms with Crippen LogP contribution in [0.3, 0.4) is 0 Å². The summed E-state index contributed by atoms with van der Waals surface area (Å²) in [6.07, 6.45) is 7.61. The van der Waals surface area contributed by atoms with Gasteiger partial charge in [-0.25, -0.2) is 0 Å². The van der Waals surface area contributed by atoms with Gasteiger partial charge >= 0.3 is 0 Å². The topological polar surface area (TPSA) is 51.8 Å². The molecule has 1 saturated heterocycles. The van der Waals surface area contributed by atoms with Crippen LogP contribution in [0.5, 0.6) is 0 Å². The first-order valence-electron chi connectivity index (χ1n) is 9.07. The third-order valence-corrected chi connectivity index (χ3v) is 5.25. The van der Waals surface area contributed by atoms with Crippen LogP contribution in [0.15, 0.2) is 12.4 Å². The Bertz CT molecular complexity index is 678. The Morgan fingerprint density at radius 1 is 1.17 bits per heavy atom. The molecule has 2 aromatic heterocycles. The van der Waals surface area contributed by atoms with E-state index in [9.17, 15) is 0 Å². The first-order valence-corrected chi connectivity index (χ1v) is 9.07. The molecule has 6 heteroatoms. The van der Waals surface area contributed by atoms with Crippen LogP contribution in [-0.4, -0.2) is 37.6 Å². The van der Waals surface area contributed by atoms with Crippen molar-refractivity contribution in [1.82, 2.24) is 24.5 Å². The van der Waals surface area contributed by atoms with E-state index in [0.29, 0.717) is 5.41 Å². The van der Waals surface area contributed by atoms with Crippen molar-refractivity contribution in [2.75, 3.05) is 18.0 Å². The molecule has 6 nitrogen and oxygen atoms in total. The molecule has 1 unspecified atom stereocenters. The number of aryl methyl sites for hydroxylation is 1. The van der Waals surface area contributed by atoms with Crippen LogP contribution in [0.4, 0.5) is 5.95 Å². The Balaban J connectivity index is 1.83. The Morgan fingerprint density at radius 3 is 2.58 bits per heavy atom. The third-order valence-electron chi connectivity index (χ3n) is 5.25. The van der Waals surface area contributed by atoms with E-state index < -0.39 is 0 Å². The molecule has 0 radical (unpaired) electrons. The van der Waals surface area contributed by atoms with Gasteiger partial charge in [-0.05, 0) is 37.5 Å². The number of hydrogen-bond donors (Lipinski definition) is 0. The lowest BCUT2D eigenvalue weighted by Gasteiger charge is -2.29. The fraction of sp³-hybridized carbons (Fsp3) is 0.722. The molecule has 1 aliphatic rings. The summed E-state index contributed by atoms with van der Waals surface area (Å²) in [5.74, 6) is 2.70. The Kier molecular flexibility index (Phi) is 4.65. The summed E-state index contributed by atoms with van der Waals surface area (Å²) < 4.78 is 4.03. The molecule has 0 spiro atoms. The Hall–Kier alpha value is -1.85. The van der Waals surface area contributed by atoms with Crippen molar-refractivity contribution < 1.29 is 0 Å². The molecule has 0 amide bonds. The van der Waals surface area contributed by atoms with Gasteiger partial charge < -0.3 is 4.90 Å². The lowest BCUT2D eigenvalue weighted by molar-refractivity contribution is 0.220. The van der Waals surface area contributed by atoms with Gasteiger partial charge in [0.1, 0.15) is 0 Å². The van der Waals surface area contributed by atoms with E-state index in [-0.39, 0.29) is 0 Å². The second kappa shape index (κ2) is 6.57. The monoisotopic (exact) mass is 330 g/mol. The van der Waals surface area contributed by atoms with Crippen LogP contribution < -0.4 is 4.90 Å². The van der Waals surface area contributed by atoms with E-state index in [2.05, 4.69) is 52.5 Å². The van der Waals surface area contributed by atoms with Gasteiger partial charge in [-0.15, -0.1) is 10.2 Å². The first kappa shape index (κ1) is 17.0. The lowest BCUT2D eigenvalue weighted by atomic mass is 9.77. The lowest BCUT2D eigenvalue weighted by Crippen LogP contribution is -2.28. The van der Waals surface area contributed by atoms with Gasteiger partial charge in [0.25, 0.3) is 0 Å². The van der Waals surface area contributed by atoms with Crippen molar-refractivity contribution in [1.29, 1.82) is 0 Å². The largest absolute Gasteiger partial charge is 0.341 e. The molecule has 1 aliphatic heterocycles. The van der Waals surface area contributed by atoms with E-state index in [1.54, 1.807) is 0 Å². The summed E-state index contributed by atoms with van der Waals surface area (Å²) in [5, 5.41) is 13.3. The van der Waals surface area contributed by atoms with E-state index in [1.807, 2.05) is 24.1 Å². The average molecular weight is 330 g/mol. The van der Waals surface area contributed by atoms with Crippen LogP contribution in [0.25, 0.3) is 11.4 Å². The first-order chi connectivity index (χ1) is 11.4. The quantitative estimate of drug-likeness (QED) is 0.866. The second-order valence-electron chi connectivity index (χ2n) is 7.95. The zero-order chi connectivity index (χ0) is 17.3. The van der Waals surface area contributed by atoms with Crippen molar-refractivity contribution in [2.45, 2.75) is 53.5 Å². The summed E-state index contributed by atoms with van der Waals surface area (Å²) in [6.45, 7) is 12.2. The summed E-state index contributed by atoms with van der Waals surface area (Å²) in [5.41, 5.74) is 1.41. The van der Waals surface area contributed by atoms with Gasteiger partial charge in [0.05, 0.1) is 11.8 Å². The van der Waals surface area contributed by atoms with Gasteiger partial charge in [0.2, 0.25) is 5.95 Å². The van der Waals surface area contributed by atoms with Gasteiger partial charge in [-0.3, -0.25) is 9.25 Å². The summed E-state index contributed by atoms with van der Waals surface area (Å²) >= 11 is 0. The minimum absolute atomic E-state index is 0.384. The van der Waals surface area contributed by atoms with Crippen molar-refractivity contribution in [3.8, 4) is 11.4 Å². The predicted molar refractivity (Wildman–Crippen MR) is 96.9 cm³/mol. The molecule has 0 N–H and O–H groups in total. The van der Waals surface area contributed by atoms with E-state index in [0.717, 1.165) is 42.9 Å². The molecule has 0 saturated carbocycles. The molecule has 1 atom stereocenters. The van der Waals surface area contributed by atoms with Crippen molar-refractivity contribution in [3.05, 3.63) is 12.4 Å². The fourth-order valence-corrected chi connectivity index (χ4v) is 3.73. The number of aromatic nitrogens is 5. The molecule has 3 rings (SSSR count). The normalized spacial score (nSPS) is 19.5. The van der Waals surface area contributed by atoms with Crippen LogP contribution in [0, 0.1) is 11.3 Å². The summed E-state index contributed by atoms with van der Waals surface area (Å²) in [7, 11) is 1.93. The predicted octanol–water partition coefficient (Wildman–Crippen LogP) is 3.35. The molecular weight excluding hydrogens is 300 g/mol. The van der Waals surface area contributed by atoms with Gasteiger partial charge in [-0.2, -0.15) is 5.10 Å². The van der Waals surface area contributed by atoms with Crippen LogP contribution in [-0.2, 0) is 13.6 Å². The van der Waals surface area contributed by atoms with Crippen molar-refractivity contribution >= 4 is 5.95 Å². The van der Waals surface area contributed by atoms with E-state index >= 15 is 0 Å². The SMILES string of the molecule is CCn1c(-c2cnn(C)c2)nnc1N1CCCC(C(C)(C)C)CC1. The maximum Gasteiger partial charge on any atom is 0.227 e. The number of hydrogen-bond acceptors (Lipinski definition) is 4. The fourth-order valence-electron chi connectivity index (χ4n) is 3.73. The van der Waals surface area contributed by atoms with Crippen LogP contribution in [0.1, 0.15) is 47.0 Å². The molecule has 1 fully saturated rings. The highest BCUT2D eigenvalue weighted by Crippen LogP contribution is 2.35. The average Bonchev–Trinajstić information content (AvgIpc) is 3.04. The third kappa shape index (κ3) is 3.32. The highest BCUT2D eigenvalue weighted by atomic mass is 15.4. The van der Waals surface area contributed by atoms with Crippen LogP contribution in [0.2, 0.25) is 0 Å². The molecule has 24 heavy (non-hydrogen) atoms. The highest BCUT2D eigenvalue weighted by Gasteiger charge is 2.28. The molecular formula is C18H30N6. The molecule has 3 heterocycles. The highest BCUT2D eigenvalue weighted by molar-refractivity contribution is 5.55. The molecule has 2 aromatic rings. The Morgan fingerprint density at radius 2 is 1.96 bits per heavy atom. The number of nitrogens with zero attached hydrogens (tertiary/aromatic N) is 6. The van der Waals surface area contributed by atoms with Crippen LogP contribution >= 0.6 is 0 Å². The number of anilines is 1. The number of rotatable bonds is 3. The van der Waals surface area contributed by atoms with E-state index in [4.69, 9.17) is 0 Å². The molecule has 0 aromatic carbocycles. The molecule has 132 valence electrons. The summed E-state index contributed by atoms with van der Waals surface area (Å²) in [6, 6.07) is 0. The second-order valence-corrected chi connectivity index (χ2v) is 7.95. The molecule has 0 bridgehead atoms. The minimum atomic E-state index is 0.384. The zero-order valence-electron chi connectivity index (χ0n) is 15.7. The van der Waals surface area contributed by atoms with Gasteiger partial charge in [0, 0.05) is 32.9 Å². The molecule has 0 aliphatic carbocycles. The smallest absolute Gasteiger partial charge is 0.227 e. The van der Waals surface area contributed by atoms with Crippen molar-refractivity contribution in [2.24, 2.45) is 18.4 Å². The maximum atomic E-state index is 4.53. The zero-order valence-corrected chi connectivity index (χ0v) is 15.7. The van der Waals surface area contributed by atoms with Gasteiger partial charge in [0.15, 0.2) is 5.82 Å². The maximum absolute atomic E-state index is 4.53. The minimum Gasteiger partial charge on any atom is -0.341 e.